The first-order chi connectivity index (χ1) is 9.52. The molecule has 0 radical (unpaired) electrons. The lowest BCUT2D eigenvalue weighted by Crippen LogP contribution is -2.03. The van der Waals surface area contributed by atoms with Gasteiger partial charge in [0.2, 0.25) is 0 Å². The van der Waals surface area contributed by atoms with Gasteiger partial charge in [-0.15, -0.1) is 11.3 Å². The van der Waals surface area contributed by atoms with Gasteiger partial charge in [0, 0.05) is 16.8 Å². The van der Waals surface area contributed by atoms with Crippen LogP contribution in [0.25, 0.3) is 0 Å². The fraction of sp³-hybridized carbons (Fsp3) is 0.385. The van der Waals surface area contributed by atoms with Gasteiger partial charge in [0.05, 0.1) is 18.4 Å². The van der Waals surface area contributed by atoms with Crippen molar-refractivity contribution in [1.29, 1.82) is 0 Å². The molecule has 2 heterocycles. The third kappa shape index (κ3) is 2.77. The molecule has 0 bridgehead atoms. The Morgan fingerprint density at radius 1 is 1.20 bits per heavy atom. The van der Waals surface area contributed by atoms with Crippen LogP contribution in [0.4, 0.5) is 18.9 Å². The molecule has 106 valence electrons. The van der Waals surface area contributed by atoms with Gasteiger partial charge in [0.1, 0.15) is 0 Å². The highest BCUT2D eigenvalue weighted by atomic mass is 32.1. The molecule has 0 aromatic carbocycles. The van der Waals surface area contributed by atoms with Crippen LogP contribution in [0.1, 0.15) is 27.6 Å². The second-order valence-electron chi connectivity index (χ2n) is 4.67. The first-order valence-corrected chi connectivity index (χ1v) is 7.07. The van der Waals surface area contributed by atoms with E-state index in [-0.39, 0.29) is 0 Å². The highest BCUT2D eigenvalue weighted by molar-refractivity contribution is 7.11. The molecule has 0 unspecified atom stereocenters. The first-order valence-electron chi connectivity index (χ1n) is 6.26. The van der Waals surface area contributed by atoms with Crippen molar-refractivity contribution in [1.82, 2.24) is 9.97 Å². The zero-order valence-electron chi connectivity index (χ0n) is 10.5. The molecule has 3 nitrogen and oxygen atoms in total. The molecular formula is C13H12F3N3S. The lowest BCUT2D eigenvalue weighted by atomic mass is 10.2. The Bertz CT molecular complexity index is 622. The molecule has 0 saturated heterocycles. The number of pyridine rings is 1. The molecular weight excluding hydrogens is 287 g/mol. The van der Waals surface area contributed by atoms with E-state index in [1.807, 2.05) is 6.07 Å². The summed E-state index contributed by atoms with van der Waals surface area (Å²) in [4.78, 5) is 8.31. The lowest BCUT2D eigenvalue weighted by Gasteiger charge is -2.06. The van der Waals surface area contributed by atoms with Gasteiger partial charge in [-0.25, -0.2) is 4.98 Å². The Labute approximate surface area is 117 Å². The largest absolute Gasteiger partial charge is 0.443 e. The van der Waals surface area contributed by atoms with Crippen LogP contribution in [0.3, 0.4) is 0 Å². The molecule has 1 aliphatic carbocycles. The van der Waals surface area contributed by atoms with Crippen LogP contribution in [-0.4, -0.2) is 9.97 Å². The summed E-state index contributed by atoms with van der Waals surface area (Å²) in [5, 5.41) is 2.29. The van der Waals surface area contributed by atoms with E-state index in [2.05, 4.69) is 15.3 Å². The van der Waals surface area contributed by atoms with Crippen molar-refractivity contribution in [3.8, 4) is 0 Å². The molecule has 1 N–H and O–H groups in total. The number of rotatable bonds is 3. The topological polar surface area (TPSA) is 37.8 Å². The zero-order valence-corrected chi connectivity index (χ0v) is 11.3. The summed E-state index contributed by atoms with van der Waals surface area (Å²) in [6.45, 7) is 0.328. The molecule has 7 heteroatoms. The Morgan fingerprint density at radius 3 is 2.80 bits per heavy atom. The maximum Gasteiger partial charge on any atom is 0.443 e. The second kappa shape index (κ2) is 5.05. The number of halogens is 3. The summed E-state index contributed by atoms with van der Waals surface area (Å²) in [5.74, 6) is 0. The number of aryl methyl sites for hydroxylation is 2. The van der Waals surface area contributed by atoms with E-state index < -0.39 is 11.2 Å². The van der Waals surface area contributed by atoms with Crippen LogP contribution in [0.2, 0.25) is 0 Å². The van der Waals surface area contributed by atoms with E-state index in [1.165, 1.54) is 11.8 Å². The van der Waals surface area contributed by atoms with E-state index in [0.717, 1.165) is 30.6 Å². The number of hydrogen-bond acceptors (Lipinski definition) is 4. The van der Waals surface area contributed by atoms with Crippen molar-refractivity contribution in [3.05, 3.63) is 39.6 Å². The fourth-order valence-corrected chi connectivity index (χ4v) is 2.95. The second-order valence-corrected chi connectivity index (χ2v) is 5.78. The Morgan fingerprint density at radius 2 is 2.05 bits per heavy atom. The highest BCUT2D eigenvalue weighted by Gasteiger charge is 2.34. The number of hydrogen-bond donors (Lipinski definition) is 1. The van der Waals surface area contributed by atoms with Crippen molar-refractivity contribution in [3.63, 3.8) is 0 Å². The molecule has 0 amide bonds. The third-order valence-electron chi connectivity index (χ3n) is 3.18. The van der Waals surface area contributed by atoms with Gasteiger partial charge < -0.3 is 5.32 Å². The molecule has 20 heavy (non-hydrogen) atoms. The number of alkyl halides is 3. The fourth-order valence-electron chi connectivity index (χ4n) is 2.23. The molecule has 2 aromatic heterocycles. The van der Waals surface area contributed by atoms with Gasteiger partial charge in [-0.1, -0.05) is 0 Å². The van der Waals surface area contributed by atoms with Crippen LogP contribution in [0, 0.1) is 0 Å². The van der Waals surface area contributed by atoms with Gasteiger partial charge in [-0.2, -0.15) is 13.2 Å². The lowest BCUT2D eigenvalue weighted by molar-refractivity contribution is -0.137. The van der Waals surface area contributed by atoms with E-state index in [9.17, 15) is 13.2 Å². The van der Waals surface area contributed by atoms with E-state index in [4.69, 9.17) is 0 Å². The average molecular weight is 299 g/mol. The predicted molar refractivity (Wildman–Crippen MR) is 70.7 cm³/mol. The van der Waals surface area contributed by atoms with E-state index in [1.54, 1.807) is 6.20 Å². The van der Waals surface area contributed by atoms with Crippen LogP contribution in [0.15, 0.2) is 18.5 Å². The highest BCUT2D eigenvalue weighted by Crippen LogP contribution is 2.32. The Hall–Kier alpha value is -1.63. The summed E-state index contributed by atoms with van der Waals surface area (Å²) in [7, 11) is 0. The minimum Gasteiger partial charge on any atom is -0.379 e. The number of thiazole rings is 1. The monoisotopic (exact) mass is 299 g/mol. The van der Waals surface area contributed by atoms with Crippen molar-refractivity contribution >= 4 is 17.0 Å². The Balaban J connectivity index is 1.66. The van der Waals surface area contributed by atoms with Crippen molar-refractivity contribution < 1.29 is 13.2 Å². The van der Waals surface area contributed by atoms with Crippen LogP contribution < -0.4 is 5.32 Å². The number of aromatic nitrogens is 2. The molecule has 0 saturated carbocycles. The molecule has 3 rings (SSSR count). The molecule has 0 fully saturated rings. The van der Waals surface area contributed by atoms with Crippen molar-refractivity contribution in [2.75, 3.05) is 5.32 Å². The normalized spacial score (nSPS) is 14.3. The number of nitrogens with zero attached hydrogens (tertiary/aromatic N) is 2. The van der Waals surface area contributed by atoms with Gasteiger partial charge in [-0.05, 0) is 30.9 Å². The molecule has 0 spiro atoms. The molecule has 2 aromatic rings. The van der Waals surface area contributed by atoms with E-state index >= 15 is 0 Å². The molecule has 1 aliphatic rings. The third-order valence-corrected chi connectivity index (χ3v) is 4.22. The predicted octanol–water partition coefficient (Wildman–Crippen LogP) is 3.66. The van der Waals surface area contributed by atoms with Gasteiger partial charge in [-0.3, -0.25) is 4.98 Å². The van der Waals surface area contributed by atoms with Gasteiger partial charge in [0.25, 0.3) is 0 Å². The molecule has 0 atom stereocenters. The average Bonchev–Trinajstić information content (AvgIpc) is 3.04. The maximum atomic E-state index is 12.4. The summed E-state index contributed by atoms with van der Waals surface area (Å²) < 4.78 is 37.3. The first kappa shape index (κ1) is 13.4. The quantitative estimate of drug-likeness (QED) is 0.940. The summed E-state index contributed by atoms with van der Waals surface area (Å²) in [5.41, 5.74) is 3.20. The smallest absolute Gasteiger partial charge is 0.379 e. The van der Waals surface area contributed by atoms with Gasteiger partial charge >= 0.3 is 6.18 Å². The van der Waals surface area contributed by atoms with E-state index in [0.29, 0.717) is 22.8 Å². The Kier molecular flexibility index (Phi) is 3.37. The molecule has 0 aliphatic heterocycles. The maximum absolute atomic E-state index is 12.4. The minimum absolute atomic E-state index is 0.328. The van der Waals surface area contributed by atoms with Crippen LogP contribution in [0.5, 0.6) is 0 Å². The summed E-state index contributed by atoms with van der Waals surface area (Å²) in [6, 6.07) is 2.03. The van der Waals surface area contributed by atoms with Crippen LogP contribution in [-0.2, 0) is 25.6 Å². The summed E-state index contributed by atoms with van der Waals surface area (Å²) >= 11 is 0.665. The van der Waals surface area contributed by atoms with Crippen molar-refractivity contribution in [2.45, 2.75) is 32.0 Å². The standard InChI is InChI=1S/C13H12F3N3S/c14-13(15,16)12-19-7-10(20-12)6-17-9-4-8-2-1-3-11(8)18-5-9/h4-5,7,17H,1-3,6H2. The summed E-state index contributed by atoms with van der Waals surface area (Å²) in [6.07, 6.45) is 1.79. The van der Waals surface area contributed by atoms with Gasteiger partial charge in [0.15, 0.2) is 5.01 Å². The number of nitrogens with one attached hydrogen (secondary N) is 1. The zero-order chi connectivity index (χ0) is 14.2. The van der Waals surface area contributed by atoms with Crippen LogP contribution >= 0.6 is 11.3 Å². The number of fused-ring (bicyclic) bond motifs is 1. The number of anilines is 1. The minimum atomic E-state index is -4.36. The SMILES string of the molecule is FC(F)(F)c1ncc(CNc2cnc3c(c2)CCC3)s1. The van der Waals surface area contributed by atoms with Crippen molar-refractivity contribution in [2.24, 2.45) is 0 Å².